The van der Waals surface area contributed by atoms with E-state index in [1.165, 1.54) is 11.1 Å². The molecule has 0 aliphatic carbocycles. The van der Waals surface area contributed by atoms with Crippen LogP contribution in [0.5, 0.6) is 0 Å². The summed E-state index contributed by atoms with van der Waals surface area (Å²) in [5, 5.41) is 2.95. The van der Waals surface area contributed by atoms with Crippen molar-refractivity contribution < 1.29 is 4.79 Å². The van der Waals surface area contributed by atoms with Crippen molar-refractivity contribution in [2.24, 2.45) is 5.73 Å². The molecule has 3 heteroatoms. The Labute approximate surface area is 126 Å². The number of hydrogen-bond donors (Lipinski definition) is 2. The van der Waals surface area contributed by atoms with Gasteiger partial charge in [0.2, 0.25) is 5.91 Å². The standard InChI is InChI=1S/C18H22N2O/c1-14-2-4-16(5-3-14)12-18(21)20-13-17-8-6-15(7-9-17)10-11-19/h2-9H,10-13,19H2,1H3,(H,20,21). The largest absolute Gasteiger partial charge is 0.352 e. The molecule has 0 unspecified atom stereocenters. The van der Waals surface area contributed by atoms with E-state index in [-0.39, 0.29) is 5.91 Å². The maximum atomic E-state index is 11.9. The van der Waals surface area contributed by atoms with Crippen LogP contribution in [-0.4, -0.2) is 12.5 Å². The number of carbonyl (C=O) groups is 1. The second kappa shape index (κ2) is 7.60. The number of rotatable bonds is 6. The Balaban J connectivity index is 1.81. The van der Waals surface area contributed by atoms with Crippen LogP contribution in [0.15, 0.2) is 48.5 Å². The number of nitrogens with one attached hydrogen (secondary N) is 1. The van der Waals surface area contributed by atoms with E-state index in [9.17, 15) is 4.79 Å². The summed E-state index contributed by atoms with van der Waals surface area (Å²) in [5.74, 6) is 0.0462. The second-order valence-corrected chi connectivity index (χ2v) is 5.29. The SMILES string of the molecule is Cc1ccc(CC(=O)NCc2ccc(CCN)cc2)cc1. The topological polar surface area (TPSA) is 55.1 Å². The van der Waals surface area contributed by atoms with Gasteiger partial charge in [-0.2, -0.15) is 0 Å². The summed E-state index contributed by atoms with van der Waals surface area (Å²) in [4.78, 5) is 11.9. The lowest BCUT2D eigenvalue weighted by atomic mass is 10.1. The highest BCUT2D eigenvalue weighted by molar-refractivity contribution is 5.78. The zero-order valence-corrected chi connectivity index (χ0v) is 12.4. The summed E-state index contributed by atoms with van der Waals surface area (Å²) in [6.07, 6.45) is 1.31. The molecule has 0 bridgehead atoms. The lowest BCUT2D eigenvalue weighted by Gasteiger charge is -2.07. The van der Waals surface area contributed by atoms with E-state index in [4.69, 9.17) is 5.73 Å². The van der Waals surface area contributed by atoms with E-state index in [0.29, 0.717) is 19.5 Å². The van der Waals surface area contributed by atoms with Crippen LogP contribution in [0.1, 0.15) is 22.3 Å². The minimum atomic E-state index is 0.0462. The molecule has 0 aliphatic rings. The highest BCUT2D eigenvalue weighted by atomic mass is 16.1. The summed E-state index contributed by atoms with van der Waals surface area (Å²) in [6, 6.07) is 16.3. The lowest BCUT2D eigenvalue weighted by Crippen LogP contribution is -2.24. The van der Waals surface area contributed by atoms with Crippen molar-refractivity contribution in [3.63, 3.8) is 0 Å². The number of carbonyl (C=O) groups excluding carboxylic acids is 1. The van der Waals surface area contributed by atoms with Crippen LogP contribution in [0.25, 0.3) is 0 Å². The Kier molecular flexibility index (Phi) is 5.52. The summed E-state index contributed by atoms with van der Waals surface area (Å²) in [5.41, 5.74) is 10.1. The highest BCUT2D eigenvalue weighted by Gasteiger charge is 2.03. The van der Waals surface area contributed by atoms with E-state index in [1.54, 1.807) is 0 Å². The molecule has 3 nitrogen and oxygen atoms in total. The van der Waals surface area contributed by atoms with Gasteiger partial charge >= 0.3 is 0 Å². The van der Waals surface area contributed by atoms with Crippen molar-refractivity contribution in [2.45, 2.75) is 26.3 Å². The first-order chi connectivity index (χ1) is 10.2. The molecule has 0 aromatic heterocycles. The molecule has 0 fully saturated rings. The fourth-order valence-corrected chi connectivity index (χ4v) is 2.14. The molecule has 2 aromatic carbocycles. The van der Waals surface area contributed by atoms with Gasteiger partial charge in [-0.05, 0) is 36.6 Å². The molecule has 0 saturated heterocycles. The first-order valence-electron chi connectivity index (χ1n) is 7.27. The predicted molar refractivity (Wildman–Crippen MR) is 85.9 cm³/mol. The highest BCUT2D eigenvalue weighted by Crippen LogP contribution is 2.06. The van der Waals surface area contributed by atoms with Gasteiger partial charge in [-0.1, -0.05) is 54.1 Å². The molecular formula is C18H22N2O. The van der Waals surface area contributed by atoms with Crippen molar-refractivity contribution in [1.29, 1.82) is 0 Å². The van der Waals surface area contributed by atoms with Gasteiger partial charge in [0.1, 0.15) is 0 Å². The molecule has 0 spiro atoms. The fourth-order valence-electron chi connectivity index (χ4n) is 2.14. The van der Waals surface area contributed by atoms with Crippen LogP contribution in [-0.2, 0) is 24.2 Å². The first kappa shape index (κ1) is 15.3. The summed E-state index contributed by atoms with van der Waals surface area (Å²) in [6.45, 7) is 3.26. The normalized spacial score (nSPS) is 10.4. The maximum Gasteiger partial charge on any atom is 0.224 e. The van der Waals surface area contributed by atoms with Gasteiger partial charge in [-0.25, -0.2) is 0 Å². The van der Waals surface area contributed by atoms with E-state index in [0.717, 1.165) is 17.5 Å². The molecule has 0 heterocycles. The Morgan fingerprint density at radius 3 is 2.14 bits per heavy atom. The average Bonchev–Trinajstić information content (AvgIpc) is 2.49. The van der Waals surface area contributed by atoms with Gasteiger partial charge in [0.15, 0.2) is 0 Å². The minimum absolute atomic E-state index is 0.0462. The molecule has 2 rings (SSSR count). The molecule has 21 heavy (non-hydrogen) atoms. The van der Waals surface area contributed by atoms with Crippen molar-refractivity contribution in [3.8, 4) is 0 Å². The number of amides is 1. The van der Waals surface area contributed by atoms with Crippen LogP contribution < -0.4 is 11.1 Å². The van der Waals surface area contributed by atoms with Crippen LogP contribution >= 0.6 is 0 Å². The average molecular weight is 282 g/mol. The molecule has 2 aromatic rings. The maximum absolute atomic E-state index is 11.9. The molecule has 0 atom stereocenters. The van der Waals surface area contributed by atoms with Gasteiger partial charge in [-0.3, -0.25) is 4.79 Å². The number of nitrogens with two attached hydrogens (primary N) is 1. The number of benzene rings is 2. The van der Waals surface area contributed by atoms with Crippen LogP contribution in [0.4, 0.5) is 0 Å². The molecule has 1 amide bonds. The molecule has 3 N–H and O–H groups in total. The molecule has 110 valence electrons. The summed E-state index contributed by atoms with van der Waals surface area (Å²) in [7, 11) is 0. The van der Waals surface area contributed by atoms with Gasteiger partial charge in [0, 0.05) is 6.54 Å². The fraction of sp³-hybridized carbons (Fsp3) is 0.278. The minimum Gasteiger partial charge on any atom is -0.352 e. The smallest absolute Gasteiger partial charge is 0.224 e. The third-order valence-corrected chi connectivity index (χ3v) is 3.43. The van der Waals surface area contributed by atoms with E-state index < -0.39 is 0 Å². The zero-order chi connectivity index (χ0) is 15.1. The quantitative estimate of drug-likeness (QED) is 0.854. The van der Waals surface area contributed by atoms with E-state index in [1.807, 2.05) is 43.3 Å². The Morgan fingerprint density at radius 2 is 1.52 bits per heavy atom. The third-order valence-electron chi connectivity index (χ3n) is 3.43. The Bertz CT molecular complexity index is 573. The number of hydrogen-bond acceptors (Lipinski definition) is 2. The van der Waals surface area contributed by atoms with Gasteiger partial charge < -0.3 is 11.1 Å². The van der Waals surface area contributed by atoms with Crippen molar-refractivity contribution in [2.75, 3.05) is 6.54 Å². The first-order valence-corrected chi connectivity index (χ1v) is 7.27. The Morgan fingerprint density at radius 1 is 0.952 bits per heavy atom. The second-order valence-electron chi connectivity index (χ2n) is 5.29. The van der Waals surface area contributed by atoms with Gasteiger partial charge in [0.05, 0.1) is 6.42 Å². The van der Waals surface area contributed by atoms with Crippen molar-refractivity contribution >= 4 is 5.91 Å². The Hall–Kier alpha value is -2.13. The van der Waals surface area contributed by atoms with Gasteiger partial charge in [0.25, 0.3) is 0 Å². The molecule has 0 saturated carbocycles. The van der Waals surface area contributed by atoms with Gasteiger partial charge in [-0.15, -0.1) is 0 Å². The van der Waals surface area contributed by atoms with Crippen LogP contribution in [0.2, 0.25) is 0 Å². The van der Waals surface area contributed by atoms with Crippen LogP contribution in [0.3, 0.4) is 0 Å². The zero-order valence-electron chi connectivity index (χ0n) is 12.4. The molecule has 0 radical (unpaired) electrons. The molecular weight excluding hydrogens is 260 g/mol. The van der Waals surface area contributed by atoms with E-state index >= 15 is 0 Å². The summed E-state index contributed by atoms with van der Waals surface area (Å²) < 4.78 is 0. The summed E-state index contributed by atoms with van der Waals surface area (Å²) >= 11 is 0. The monoisotopic (exact) mass is 282 g/mol. The lowest BCUT2D eigenvalue weighted by molar-refractivity contribution is -0.120. The van der Waals surface area contributed by atoms with Crippen molar-refractivity contribution in [1.82, 2.24) is 5.32 Å². The van der Waals surface area contributed by atoms with Crippen molar-refractivity contribution in [3.05, 3.63) is 70.8 Å². The van der Waals surface area contributed by atoms with Crippen LogP contribution in [0, 0.1) is 6.92 Å². The van der Waals surface area contributed by atoms with E-state index in [2.05, 4.69) is 17.4 Å². The predicted octanol–water partition coefficient (Wildman–Crippen LogP) is 2.36. The number of aryl methyl sites for hydroxylation is 1. The molecule has 0 aliphatic heterocycles. The third kappa shape index (κ3) is 5.04.